The van der Waals surface area contributed by atoms with Crippen LogP contribution >= 0.6 is 23.4 Å². The quantitative estimate of drug-likeness (QED) is 0.239. The minimum Gasteiger partial charge on any atom is -0.379 e. The summed E-state index contributed by atoms with van der Waals surface area (Å²) in [5, 5.41) is 4.18. The second-order valence-electron chi connectivity index (χ2n) is 9.05. The molecule has 0 atom stereocenters. The SMILES string of the molecule is CC1CCN(c2cc(Cl)nc(SCc3cccc(C(=O)NCCCN4CCOCC4)c3)n2)CC1. The molecule has 0 bridgehead atoms. The van der Waals surface area contributed by atoms with Crippen LogP contribution in [0.4, 0.5) is 5.82 Å². The number of nitrogens with one attached hydrogen (secondary N) is 1. The van der Waals surface area contributed by atoms with Gasteiger partial charge in [0.1, 0.15) is 11.0 Å². The van der Waals surface area contributed by atoms with E-state index in [0.717, 1.165) is 69.7 Å². The lowest BCUT2D eigenvalue weighted by Gasteiger charge is -2.31. The molecule has 4 rings (SSSR count). The van der Waals surface area contributed by atoms with E-state index < -0.39 is 0 Å². The van der Waals surface area contributed by atoms with Crippen molar-refractivity contribution in [2.24, 2.45) is 5.92 Å². The van der Waals surface area contributed by atoms with Crippen molar-refractivity contribution in [2.45, 2.75) is 37.1 Å². The molecule has 0 radical (unpaired) electrons. The molecule has 184 valence electrons. The fourth-order valence-electron chi connectivity index (χ4n) is 4.23. The number of piperidine rings is 1. The van der Waals surface area contributed by atoms with E-state index in [1.807, 2.05) is 30.3 Å². The van der Waals surface area contributed by atoms with Gasteiger partial charge in [0, 0.05) is 50.1 Å². The largest absolute Gasteiger partial charge is 0.379 e. The highest BCUT2D eigenvalue weighted by Gasteiger charge is 2.18. The van der Waals surface area contributed by atoms with Crippen molar-refractivity contribution in [1.82, 2.24) is 20.2 Å². The Hall–Kier alpha value is -1.87. The van der Waals surface area contributed by atoms with Gasteiger partial charge >= 0.3 is 0 Å². The molecule has 3 heterocycles. The van der Waals surface area contributed by atoms with Crippen molar-refractivity contribution in [3.8, 4) is 0 Å². The molecule has 2 aliphatic heterocycles. The Morgan fingerprint density at radius 2 is 1.97 bits per heavy atom. The first kappa shape index (κ1) is 25.2. The molecule has 2 aliphatic rings. The summed E-state index contributed by atoms with van der Waals surface area (Å²) in [6, 6.07) is 9.61. The van der Waals surface area contributed by atoms with E-state index >= 15 is 0 Å². The molecule has 7 nitrogen and oxygen atoms in total. The maximum atomic E-state index is 12.6. The summed E-state index contributed by atoms with van der Waals surface area (Å²) in [6.45, 7) is 9.51. The van der Waals surface area contributed by atoms with Crippen molar-refractivity contribution in [1.29, 1.82) is 0 Å². The summed E-state index contributed by atoms with van der Waals surface area (Å²) in [5.74, 6) is 2.31. The van der Waals surface area contributed by atoms with Gasteiger partial charge in [-0.15, -0.1) is 0 Å². The predicted octanol–water partition coefficient (Wildman–Crippen LogP) is 4.11. The number of amides is 1. The van der Waals surface area contributed by atoms with Gasteiger partial charge in [0.05, 0.1) is 13.2 Å². The van der Waals surface area contributed by atoms with Crippen LogP contribution in [-0.4, -0.2) is 73.3 Å². The number of hydrogen-bond acceptors (Lipinski definition) is 7. The standard InChI is InChI=1S/C25H34ClN5O2S/c1-19-6-10-31(11-7-19)23-17-22(26)28-25(29-23)34-18-20-4-2-5-21(16-20)24(32)27-8-3-9-30-12-14-33-15-13-30/h2,4-5,16-17,19H,3,6-15,18H2,1H3,(H,27,32). The lowest BCUT2D eigenvalue weighted by atomic mass is 9.99. The summed E-state index contributed by atoms with van der Waals surface area (Å²) >= 11 is 7.85. The maximum absolute atomic E-state index is 12.6. The number of rotatable bonds is 9. The van der Waals surface area contributed by atoms with Gasteiger partial charge in [-0.3, -0.25) is 9.69 Å². The van der Waals surface area contributed by atoms with Gasteiger partial charge in [0.2, 0.25) is 0 Å². The van der Waals surface area contributed by atoms with Gasteiger partial charge in [-0.25, -0.2) is 9.97 Å². The molecule has 9 heteroatoms. The Labute approximate surface area is 211 Å². The van der Waals surface area contributed by atoms with Crippen molar-refractivity contribution in [3.05, 3.63) is 46.6 Å². The minimum absolute atomic E-state index is 0.0329. The van der Waals surface area contributed by atoms with E-state index in [1.165, 1.54) is 12.8 Å². The van der Waals surface area contributed by atoms with Crippen molar-refractivity contribution in [3.63, 3.8) is 0 Å². The molecule has 34 heavy (non-hydrogen) atoms. The number of carbonyl (C=O) groups is 1. The minimum atomic E-state index is -0.0329. The first-order valence-electron chi connectivity index (χ1n) is 12.2. The van der Waals surface area contributed by atoms with Crippen LogP contribution in [0.5, 0.6) is 0 Å². The Balaban J connectivity index is 1.27. The van der Waals surface area contributed by atoms with Gasteiger partial charge < -0.3 is 15.0 Å². The summed E-state index contributed by atoms with van der Waals surface area (Å²) < 4.78 is 5.37. The van der Waals surface area contributed by atoms with Crippen LogP contribution in [0.3, 0.4) is 0 Å². The highest BCUT2D eigenvalue weighted by atomic mass is 35.5. The van der Waals surface area contributed by atoms with Crippen LogP contribution in [0.25, 0.3) is 0 Å². The monoisotopic (exact) mass is 503 g/mol. The number of carbonyl (C=O) groups excluding carboxylic acids is 1. The number of halogens is 1. The zero-order chi connectivity index (χ0) is 23.8. The first-order valence-corrected chi connectivity index (χ1v) is 13.5. The fourth-order valence-corrected chi connectivity index (χ4v) is 5.26. The molecule has 1 N–H and O–H groups in total. The van der Waals surface area contributed by atoms with E-state index in [4.69, 9.17) is 21.3 Å². The van der Waals surface area contributed by atoms with Crippen LogP contribution in [0.2, 0.25) is 5.15 Å². The molecule has 2 aromatic rings. The molecule has 0 aliphatic carbocycles. The third kappa shape index (κ3) is 7.57. The predicted molar refractivity (Wildman–Crippen MR) is 138 cm³/mol. The molecule has 2 fully saturated rings. The zero-order valence-electron chi connectivity index (χ0n) is 19.8. The van der Waals surface area contributed by atoms with E-state index in [1.54, 1.807) is 11.8 Å². The Kier molecular flexibility index (Phi) is 9.44. The van der Waals surface area contributed by atoms with Crippen LogP contribution in [-0.2, 0) is 10.5 Å². The van der Waals surface area contributed by atoms with E-state index in [0.29, 0.717) is 28.2 Å². The molecule has 0 unspecified atom stereocenters. The maximum Gasteiger partial charge on any atom is 0.251 e. The van der Waals surface area contributed by atoms with Crippen molar-refractivity contribution >= 4 is 35.1 Å². The molecular formula is C25H34ClN5O2S. The van der Waals surface area contributed by atoms with Crippen LogP contribution in [0.15, 0.2) is 35.5 Å². The molecular weight excluding hydrogens is 470 g/mol. The third-order valence-electron chi connectivity index (χ3n) is 6.37. The fraction of sp³-hybridized carbons (Fsp3) is 0.560. The molecule has 1 aromatic carbocycles. The van der Waals surface area contributed by atoms with Crippen molar-refractivity contribution < 1.29 is 9.53 Å². The summed E-state index contributed by atoms with van der Waals surface area (Å²) in [4.78, 5) is 26.4. The van der Waals surface area contributed by atoms with Gasteiger partial charge in [0.25, 0.3) is 5.91 Å². The van der Waals surface area contributed by atoms with E-state index in [2.05, 4.69) is 27.0 Å². The molecule has 1 amide bonds. The number of ether oxygens (including phenoxy) is 1. The number of benzene rings is 1. The Bertz CT molecular complexity index is 949. The summed E-state index contributed by atoms with van der Waals surface area (Å²) in [5.41, 5.74) is 1.74. The second kappa shape index (κ2) is 12.7. The smallest absolute Gasteiger partial charge is 0.251 e. The number of thioether (sulfide) groups is 1. The number of aromatic nitrogens is 2. The average molecular weight is 504 g/mol. The van der Waals surface area contributed by atoms with Crippen LogP contribution in [0.1, 0.15) is 42.1 Å². The molecule has 0 spiro atoms. The van der Waals surface area contributed by atoms with Gasteiger partial charge in [0.15, 0.2) is 5.16 Å². The molecule has 0 saturated carbocycles. The number of anilines is 1. The first-order chi connectivity index (χ1) is 16.6. The van der Waals surface area contributed by atoms with Gasteiger partial charge in [-0.05, 0) is 49.4 Å². The Morgan fingerprint density at radius 1 is 1.18 bits per heavy atom. The van der Waals surface area contributed by atoms with Gasteiger partial charge in [-0.1, -0.05) is 42.4 Å². The highest BCUT2D eigenvalue weighted by molar-refractivity contribution is 7.98. The van der Waals surface area contributed by atoms with Gasteiger partial charge in [-0.2, -0.15) is 0 Å². The highest BCUT2D eigenvalue weighted by Crippen LogP contribution is 2.27. The number of hydrogen-bond donors (Lipinski definition) is 1. The second-order valence-corrected chi connectivity index (χ2v) is 10.4. The van der Waals surface area contributed by atoms with E-state index in [-0.39, 0.29) is 5.91 Å². The average Bonchev–Trinajstić information content (AvgIpc) is 2.86. The lowest BCUT2D eigenvalue weighted by Crippen LogP contribution is -2.38. The van der Waals surface area contributed by atoms with Crippen LogP contribution in [0, 0.1) is 5.92 Å². The lowest BCUT2D eigenvalue weighted by molar-refractivity contribution is 0.0374. The molecule has 1 aromatic heterocycles. The Morgan fingerprint density at radius 3 is 2.76 bits per heavy atom. The summed E-state index contributed by atoms with van der Waals surface area (Å²) in [6.07, 6.45) is 3.28. The number of morpholine rings is 1. The molecule has 2 saturated heterocycles. The third-order valence-corrected chi connectivity index (χ3v) is 7.48. The normalized spacial score (nSPS) is 17.6. The summed E-state index contributed by atoms with van der Waals surface area (Å²) in [7, 11) is 0. The van der Waals surface area contributed by atoms with Crippen LogP contribution < -0.4 is 10.2 Å². The van der Waals surface area contributed by atoms with Crippen molar-refractivity contribution in [2.75, 3.05) is 57.4 Å². The topological polar surface area (TPSA) is 70.6 Å². The van der Waals surface area contributed by atoms with E-state index in [9.17, 15) is 4.79 Å². The number of nitrogens with zero attached hydrogens (tertiary/aromatic N) is 4. The zero-order valence-corrected chi connectivity index (χ0v) is 21.4.